The van der Waals surface area contributed by atoms with Gasteiger partial charge < -0.3 is 5.11 Å². The van der Waals surface area contributed by atoms with Gasteiger partial charge in [0.25, 0.3) is 0 Å². The van der Waals surface area contributed by atoms with Crippen molar-refractivity contribution in [3.63, 3.8) is 0 Å². The highest BCUT2D eigenvalue weighted by Crippen LogP contribution is 2.30. The van der Waals surface area contributed by atoms with Gasteiger partial charge in [-0.3, -0.25) is 25.0 Å². The summed E-state index contributed by atoms with van der Waals surface area (Å²) in [5.41, 5.74) is 0. The average molecular weight is 232 g/mol. The highest BCUT2D eigenvalue weighted by atomic mass is 16.6. The summed E-state index contributed by atoms with van der Waals surface area (Å²) < 4.78 is 0. The Morgan fingerprint density at radius 1 is 1.25 bits per heavy atom. The molecule has 0 saturated heterocycles. The Hall–Kier alpha value is -1.73. The summed E-state index contributed by atoms with van der Waals surface area (Å²) in [5, 5.41) is 29.8. The molecule has 0 aromatic rings. The Balaban J connectivity index is 2.71. The van der Waals surface area contributed by atoms with Crippen LogP contribution >= 0.6 is 0 Å². The van der Waals surface area contributed by atoms with Crippen LogP contribution in [0.3, 0.4) is 0 Å². The largest absolute Gasteiger partial charge is 0.481 e. The molecule has 0 aliphatic heterocycles. The van der Waals surface area contributed by atoms with E-state index in [1.807, 2.05) is 0 Å². The zero-order chi connectivity index (χ0) is 12.3. The van der Waals surface area contributed by atoms with Crippen LogP contribution in [-0.2, 0) is 4.79 Å². The minimum Gasteiger partial charge on any atom is -0.481 e. The van der Waals surface area contributed by atoms with E-state index in [2.05, 4.69) is 0 Å². The van der Waals surface area contributed by atoms with E-state index in [1.54, 1.807) is 0 Å². The second-order valence-electron chi connectivity index (χ2n) is 3.96. The first-order chi connectivity index (χ1) is 7.41. The molecule has 3 atom stereocenters. The Labute approximate surface area is 90.5 Å². The summed E-state index contributed by atoms with van der Waals surface area (Å²) in [4.78, 5) is 30.6. The lowest BCUT2D eigenvalue weighted by Crippen LogP contribution is -2.41. The molecule has 1 aliphatic rings. The van der Waals surface area contributed by atoms with Gasteiger partial charge >= 0.3 is 5.97 Å². The Morgan fingerprint density at radius 2 is 1.88 bits per heavy atom. The number of carbonyl (C=O) groups is 1. The molecule has 1 rings (SSSR count). The number of nitro groups is 2. The lowest BCUT2D eigenvalue weighted by molar-refractivity contribution is -0.574. The minimum absolute atomic E-state index is 0.169. The lowest BCUT2D eigenvalue weighted by atomic mass is 9.80. The highest BCUT2D eigenvalue weighted by Gasteiger charge is 2.43. The van der Waals surface area contributed by atoms with E-state index >= 15 is 0 Å². The van der Waals surface area contributed by atoms with Gasteiger partial charge in [-0.05, 0) is 6.42 Å². The first-order valence-corrected chi connectivity index (χ1v) is 4.90. The van der Waals surface area contributed by atoms with Crippen molar-refractivity contribution in [2.24, 2.45) is 5.92 Å². The van der Waals surface area contributed by atoms with Crippen molar-refractivity contribution in [1.82, 2.24) is 0 Å². The number of hydrogen-bond donors (Lipinski definition) is 1. The Morgan fingerprint density at radius 3 is 2.31 bits per heavy atom. The van der Waals surface area contributed by atoms with Gasteiger partial charge in [-0.2, -0.15) is 0 Å². The molecule has 1 fully saturated rings. The van der Waals surface area contributed by atoms with Crippen molar-refractivity contribution in [3.8, 4) is 0 Å². The summed E-state index contributed by atoms with van der Waals surface area (Å²) in [6, 6.07) is -2.03. The minimum atomic E-state index is -1.11. The molecule has 0 amide bonds. The topological polar surface area (TPSA) is 124 Å². The molecule has 0 aromatic carbocycles. The highest BCUT2D eigenvalue weighted by molar-refractivity contribution is 5.67. The molecule has 1 aliphatic carbocycles. The fourth-order valence-corrected chi connectivity index (χ4v) is 2.10. The van der Waals surface area contributed by atoms with Crippen LogP contribution in [0, 0.1) is 26.1 Å². The van der Waals surface area contributed by atoms with Crippen LogP contribution in [0.4, 0.5) is 0 Å². The fourth-order valence-electron chi connectivity index (χ4n) is 2.10. The fraction of sp³-hybridized carbons (Fsp3) is 0.875. The molecule has 3 unspecified atom stereocenters. The quantitative estimate of drug-likeness (QED) is 0.557. The summed E-state index contributed by atoms with van der Waals surface area (Å²) in [5.74, 6) is -1.69. The third kappa shape index (κ3) is 2.88. The third-order valence-electron chi connectivity index (χ3n) is 2.93. The number of aliphatic carboxylic acids is 1. The predicted molar refractivity (Wildman–Crippen MR) is 51.2 cm³/mol. The molecule has 0 spiro atoms. The van der Waals surface area contributed by atoms with Crippen LogP contribution in [0.2, 0.25) is 0 Å². The Bertz CT molecular complexity index is 318. The van der Waals surface area contributed by atoms with Crippen LogP contribution in [0.25, 0.3) is 0 Å². The standard InChI is InChI=1S/C8H12N2O6/c11-8(12)3-5-1-2-6(9(13)14)4-7(5)10(15)16/h5-7H,1-4H2,(H,11,12). The number of rotatable bonds is 4. The molecule has 0 aromatic heterocycles. The number of carboxylic acids is 1. The summed E-state index contributed by atoms with van der Waals surface area (Å²) in [6.45, 7) is 0. The van der Waals surface area contributed by atoms with Crippen LogP contribution in [0.5, 0.6) is 0 Å². The van der Waals surface area contributed by atoms with Gasteiger partial charge in [-0.1, -0.05) is 0 Å². The van der Waals surface area contributed by atoms with Crippen LogP contribution < -0.4 is 0 Å². The normalized spacial score (nSPS) is 29.6. The van der Waals surface area contributed by atoms with Crippen molar-refractivity contribution in [3.05, 3.63) is 20.2 Å². The first-order valence-electron chi connectivity index (χ1n) is 4.90. The van der Waals surface area contributed by atoms with Crippen LogP contribution in [0.1, 0.15) is 25.7 Å². The maximum Gasteiger partial charge on any atom is 0.303 e. The van der Waals surface area contributed by atoms with Gasteiger partial charge in [0.15, 0.2) is 0 Å². The summed E-state index contributed by atoms with van der Waals surface area (Å²) in [6.07, 6.45) is -0.0209. The molecule has 8 nitrogen and oxygen atoms in total. The van der Waals surface area contributed by atoms with E-state index < -0.39 is 33.8 Å². The summed E-state index contributed by atoms with van der Waals surface area (Å²) in [7, 11) is 0. The van der Waals surface area contributed by atoms with E-state index in [9.17, 15) is 25.0 Å². The van der Waals surface area contributed by atoms with Crippen LogP contribution in [-0.4, -0.2) is 33.0 Å². The average Bonchev–Trinajstić information content (AvgIpc) is 2.16. The number of carboxylic acid groups (broad SMARTS) is 1. The van der Waals surface area contributed by atoms with Gasteiger partial charge in [-0.15, -0.1) is 0 Å². The molecule has 16 heavy (non-hydrogen) atoms. The number of hydrogen-bond acceptors (Lipinski definition) is 5. The van der Waals surface area contributed by atoms with Gasteiger partial charge in [-0.25, -0.2) is 0 Å². The molecule has 0 heterocycles. The second kappa shape index (κ2) is 4.86. The maximum absolute atomic E-state index is 10.7. The van der Waals surface area contributed by atoms with E-state index in [1.165, 1.54) is 0 Å². The Kier molecular flexibility index (Phi) is 3.75. The molecule has 1 N–H and O–H groups in total. The predicted octanol–water partition coefficient (Wildman–Crippen LogP) is 0.552. The zero-order valence-electron chi connectivity index (χ0n) is 8.44. The van der Waals surface area contributed by atoms with Crippen molar-refractivity contribution in [2.45, 2.75) is 37.8 Å². The second-order valence-corrected chi connectivity index (χ2v) is 3.96. The summed E-state index contributed by atoms with van der Waals surface area (Å²) >= 11 is 0. The monoisotopic (exact) mass is 232 g/mol. The molecule has 0 bridgehead atoms. The zero-order valence-corrected chi connectivity index (χ0v) is 8.44. The number of nitrogens with zero attached hydrogens (tertiary/aromatic N) is 2. The van der Waals surface area contributed by atoms with Crippen molar-refractivity contribution in [2.75, 3.05) is 0 Å². The maximum atomic E-state index is 10.7. The van der Waals surface area contributed by atoms with Gasteiger partial charge in [0.2, 0.25) is 12.1 Å². The first kappa shape index (κ1) is 12.3. The van der Waals surface area contributed by atoms with Crippen molar-refractivity contribution >= 4 is 5.97 Å². The third-order valence-corrected chi connectivity index (χ3v) is 2.93. The van der Waals surface area contributed by atoms with E-state index in [4.69, 9.17) is 5.11 Å². The van der Waals surface area contributed by atoms with Gasteiger partial charge in [0.1, 0.15) is 0 Å². The van der Waals surface area contributed by atoms with Crippen molar-refractivity contribution < 1.29 is 19.7 Å². The molecule has 1 saturated carbocycles. The van der Waals surface area contributed by atoms with Crippen molar-refractivity contribution in [1.29, 1.82) is 0 Å². The SMILES string of the molecule is O=C(O)CC1CCC([N+](=O)[O-])CC1[N+](=O)[O-]. The molecule has 90 valence electrons. The van der Waals surface area contributed by atoms with Crippen LogP contribution in [0.15, 0.2) is 0 Å². The van der Waals surface area contributed by atoms with E-state index in [-0.39, 0.29) is 25.7 Å². The molecule has 8 heteroatoms. The van der Waals surface area contributed by atoms with E-state index in [0.717, 1.165) is 0 Å². The molecule has 0 radical (unpaired) electrons. The van der Waals surface area contributed by atoms with Gasteiger partial charge in [0, 0.05) is 22.2 Å². The van der Waals surface area contributed by atoms with Gasteiger partial charge in [0.05, 0.1) is 12.8 Å². The smallest absolute Gasteiger partial charge is 0.303 e. The van der Waals surface area contributed by atoms with E-state index in [0.29, 0.717) is 0 Å². The molecular weight excluding hydrogens is 220 g/mol. The lowest BCUT2D eigenvalue weighted by Gasteiger charge is -2.25. The molecular formula is C8H12N2O6.